The number of rotatable bonds is 10. The Morgan fingerprint density at radius 3 is 3.00 bits per heavy atom. The molecule has 6 heteroatoms. The monoisotopic (exact) mass is 301 g/mol. The predicted octanol–water partition coefficient (Wildman–Crippen LogP) is 1.16. The molecule has 1 aliphatic heterocycles. The molecule has 2 unspecified atom stereocenters. The van der Waals surface area contributed by atoms with Gasteiger partial charge in [0.25, 0.3) is 0 Å². The number of hydrogen-bond donors (Lipinski definition) is 2. The second-order valence-corrected chi connectivity index (χ2v) is 5.32. The molecule has 1 heterocycles. The summed E-state index contributed by atoms with van der Waals surface area (Å²) in [7, 11) is 1.70. The topological polar surface area (TPSA) is 64.1 Å². The van der Waals surface area contributed by atoms with Gasteiger partial charge < -0.3 is 24.8 Å². The van der Waals surface area contributed by atoms with E-state index in [0.717, 1.165) is 51.5 Å². The third-order valence-electron chi connectivity index (χ3n) is 3.19. The van der Waals surface area contributed by atoms with E-state index in [9.17, 15) is 0 Å². The lowest BCUT2D eigenvalue weighted by atomic mass is 10.2. The van der Waals surface area contributed by atoms with Gasteiger partial charge in [-0.15, -0.1) is 0 Å². The van der Waals surface area contributed by atoms with Crippen LogP contribution in [-0.2, 0) is 14.2 Å². The number of ether oxygens (including phenoxy) is 3. The van der Waals surface area contributed by atoms with Gasteiger partial charge in [-0.3, -0.25) is 4.99 Å². The first-order chi connectivity index (χ1) is 10.3. The zero-order chi connectivity index (χ0) is 15.3. The van der Waals surface area contributed by atoms with Gasteiger partial charge >= 0.3 is 0 Å². The van der Waals surface area contributed by atoms with Gasteiger partial charge in [0.05, 0.1) is 19.3 Å². The Balaban J connectivity index is 2.11. The molecule has 0 aromatic heterocycles. The van der Waals surface area contributed by atoms with Crippen molar-refractivity contribution < 1.29 is 14.2 Å². The quantitative estimate of drug-likeness (QED) is 0.360. The highest BCUT2D eigenvalue weighted by Gasteiger charge is 2.14. The maximum atomic E-state index is 5.62. The number of guanidine groups is 1. The fourth-order valence-electron chi connectivity index (χ4n) is 2.19. The van der Waals surface area contributed by atoms with Crippen LogP contribution in [0.5, 0.6) is 0 Å². The van der Waals surface area contributed by atoms with Crippen molar-refractivity contribution in [1.29, 1.82) is 0 Å². The van der Waals surface area contributed by atoms with Crippen LogP contribution in [0.1, 0.15) is 33.1 Å². The van der Waals surface area contributed by atoms with Gasteiger partial charge in [-0.1, -0.05) is 0 Å². The second kappa shape index (κ2) is 11.8. The first-order valence-electron chi connectivity index (χ1n) is 7.99. The lowest BCUT2D eigenvalue weighted by Gasteiger charge is -2.17. The molecule has 0 aliphatic carbocycles. The highest BCUT2D eigenvalue weighted by Crippen LogP contribution is 2.11. The maximum absolute atomic E-state index is 5.62. The van der Waals surface area contributed by atoms with Crippen molar-refractivity contribution in [1.82, 2.24) is 10.6 Å². The molecule has 2 atom stereocenters. The number of hydrogen-bond acceptors (Lipinski definition) is 4. The fraction of sp³-hybridized carbons (Fsp3) is 0.933. The molecule has 124 valence electrons. The highest BCUT2D eigenvalue weighted by atomic mass is 16.5. The Morgan fingerprint density at radius 2 is 2.33 bits per heavy atom. The summed E-state index contributed by atoms with van der Waals surface area (Å²) in [4.78, 5) is 4.53. The zero-order valence-corrected chi connectivity index (χ0v) is 13.7. The minimum absolute atomic E-state index is 0.239. The van der Waals surface area contributed by atoms with Gasteiger partial charge in [0.15, 0.2) is 5.96 Å². The molecule has 0 amide bonds. The number of nitrogens with one attached hydrogen (secondary N) is 2. The van der Waals surface area contributed by atoms with Crippen LogP contribution in [0.3, 0.4) is 0 Å². The summed E-state index contributed by atoms with van der Waals surface area (Å²) < 4.78 is 16.2. The van der Waals surface area contributed by atoms with E-state index < -0.39 is 0 Å². The Labute approximate surface area is 128 Å². The molecule has 0 aromatic rings. The summed E-state index contributed by atoms with van der Waals surface area (Å²) in [6, 6.07) is 0.239. The molecule has 6 nitrogen and oxygen atoms in total. The Bertz CT molecular complexity index is 281. The summed E-state index contributed by atoms with van der Waals surface area (Å²) in [5, 5.41) is 6.54. The van der Waals surface area contributed by atoms with Crippen LogP contribution >= 0.6 is 0 Å². The standard InChI is InChI=1S/C15H31N3O3/c1-4-16-15(18-13(2)11-19-3)17-8-6-9-20-12-14-7-5-10-21-14/h13-14H,4-12H2,1-3H3,(H2,16,17,18). The third kappa shape index (κ3) is 8.90. The highest BCUT2D eigenvalue weighted by molar-refractivity contribution is 5.80. The van der Waals surface area contributed by atoms with Gasteiger partial charge in [0.2, 0.25) is 0 Å². The van der Waals surface area contributed by atoms with Crippen molar-refractivity contribution >= 4 is 5.96 Å². The smallest absolute Gasteiger partial charge is 0.191 e. The maximum Gasteiger partial charge on any atom is 0.191 e. The van der Waals surface area contributed by atoms with Gasteiger partial charge in [-0.2, -0.15) is 0 Å². The van der Waals surface area contributed by atoms with E-state index in [1.807, 2.05) is 0 Å². The Hall–Kier alpha value is -0.850. The molecule has 0 bridgehead atoms. The summed E-state index contributed by atoms with van der Waals surface area (Å²) in [5.74, 6) is 0.834. The molecule has 1 rings (SSSR count). The normalized spacial score (nSPS) is 20.5. The summed E-state index contributed by atoms with van der Waals surface area (Å²) >= 11 is 0. The van der Waals surface area contributed by atoms with Gasteiger partial charge in [0, 0.05) is 39.5 Å². The average molecular weight is 301 g/mol. The van der Waals surface area contributed by atoms with E-state index in [1.165, 1.54) is 0 Å². The van der Waals surface area contributed by atoms with Crippen molar-refractivity contribution in [3.8, 4) is 0 Å². The van der Waals surface area contributed by atoms with Crippen LogP contribution in [0, 0.1) is 0 Å². The van der Waals surface area contributed by atoms with E-state index >= 15 is 0 Å². The first kappa shape index (κ1) is 18.2. The summed E-state index contributed by atoms with van der Waals surface area (Å²) in [6.07, 6.45) is 3.52. The molecular weight excluding hydrogens is 270 g/mol. The zero-order valence-electron chi connectivity index (χ0n) is 13.7. The summed E-state index contributed by atoms with van der Waals surface area (Å²) in [6.45, 7) is 8.72. The molecule has 0 aromatic carbocycles. The largest absolute Gasteiger partial charge is 0.383 e. The number of methoxy groups -OCH3 is 1. The van der Waals surface area contributed by atoms with Crippen molar-refractivity contribution in [2.45, 2.75) is 45.3 Å². The van der Waals surface area contributed by atoms with Crippen LogP contribution in [0.4, 0.5) is 0 Å². The minimum Gasteiger partial charge on any atom is -0.383 e. The van der Waals surface area contributed by atoms with Gasteiger partial charge in [0.1, 0.15) is 0 Å². The molecule has 2 N–H and O–H groups in total. The van der Waals surface area contributed by atoms with Crippen LogP contribution in [0.25, 0.3) is 0 Å². The molecule has 1 aliphatic rings. The van der Waals surface area contributed by atoms with Crippen LogP contribution < -0.4 is 10.6 Å². The van der Waals surface area contributed by atoms with E-state index in [2.05, 4.69) is 29.5 Å². The lowest BCUT2D eigenvalue weighted by molar-refractivity contribution is 0.0171. The Kier molecular flexibility index (Phi) is 10.2. The van der Waals surface area contributed by atoms with E-state index in [0.29, 0.717) is 19.3 Å². The van der Waals surface area contributed by atoms with E-state index in [1.54, 1.807) is 7.11 Å². The average Bonchev–Trinajstić information content (AvgIpc) is 2.96. The SMILES string of the molecule is CCNC(=NCCCOCC1CCCO1)NC(C)COC. The van der Waals surface area contributed by atoms with Crippen LogP contribution in [-0.4, -0.2) is 64.7 Å². The predicted molar refractivity (Wildman–Crippen MR) is 84.9 cm³/mol. The molecule has 0 spiro atoms. The van der Waals surface area contributed by atoms with Crippen molar-refractivity contribution in [2.24, 2.45) is 4.99 Å². The fourth-order valence-corrected chi connectivity index (χ4v) is 2.19. The molecule has 1 fully saturated rings. The number of aliphatic imine (C=N–C) groups is 1. The van der Waals surface area contributed by atoms with E-state index in [4.69, 9.17) is 14.2 Å². The molecule has 0 radical (unpaired) electrons. The van der Waals surface area contributed by atoms with Crippen molar-refractivity contribution in [2.75, 3.05) is 46.6 Å². The number of nitrogens with zero attached hydrogens (tertiary/aromatic N) is 1. The lowest BCUT2D eigenvalue weighted by Crippen LogP contribution is -2.44. The molecular formula is C15H31N3O3. The Morgan fingerprint density at radius 1 is 1.48 bits per heavy atom. The molecule has 21 heavy (non-hydrogen) atoms. The van der Waals surface area contributed by atoms with Crippen molar-refractivity contribution in [3.63, 3.8) is 0 Å². The van der Waals surface area contributed by atoms with Crippen molar-refractivity contribution in [3.05, 3.63) is 0 Å². The van der Waals surface area contributed by atoms with E-state index in [-0.39, 0.29) is 6.04 Å². The van der Waals surface area contributed by atoms with Gasteiger partial charge in [-0.25, -0.2) is 0 Å². The minimum atomic E-state index is 0.239. The molecule has 1 saturated heterocycles. The second-order valence-electron chi connectivity index (χ2n) is 5.32. The van der Waals surface area contributed by atoms with Crippen LogP contribution in [0.2, 0.25) is 0 Å². The van der Waals surface area contributed by atoms with Crippen LogP contribution in [0.15, 0.2) is 4.99 Å². The third-order valence-corrected chi connectivity index (χ3v) is 3.19. The molecule has 0 saturated carbocycles. The van der Waals surface area contributed by atoms with Gasteiger partial charge in [-0.05, 0) is 33.1 Å². The first-order valence-corrected chi connectivity index (χ1v) is 7.99. The summed E-state index contributed by atoms with van der Waals surface area (Å²) in [5.41, 5.74) is 0.